The van der Waals surface area contributed by atoms with Gasteiger partial charge in [0.15, 0.2) is 0 Å². The first-order valence-corrected chi connectivity index (χ1v) is 7.73. The van der Waals surface area contributed by atoms with Crippen LogP contribution in [0.2, 0.25) is 15.1 Å². The molecule has 2 rings (SSSR count). The van der Waals surface area contributed by atoms with E-state index in [1.165, 1.54) is 12.1 Å². The van der Waals surface area contributed by atoms with Crippen LogP contribution in [-0.2, 0) is 0 Å². The van der Waals surface area contributed by atoms with Gasteiger partial charge in [-0.05, 0) is 0 Å². The minimum atomic E-state index is -0.283. The van der Waals surface area contributed by atoms with Gasteiger partial charge in [0.1, 0.15) is 0 Å². The molecule has 0 aromatic heterocycles. The van der Waals surface area contributed by atoms with Crippen LogP contribution in [0.4, 0.5) is 5.69 Å². The topological polar surface area (TPSA) is 41.5 Å². The van der Waals surface area contributed by atoms with E-state index in [9.17, 15) is 4.79 Å². The summed E-state index contributed by atoms with van der Waals surface area (Å²) in [6.07, 6.45) is 0. The van der Waals surface area contributed by atoms with E-state index < -0.39 is 0 Å². The molecule has 1 amide bonds. The molecule has 0 saturated heterocycles. The zero-order valence-corrected chi connectivity index (χ0v) is 14.4. The molecule has 0 aliphatic heterocycles. The Kier molecular flexibility index (Phi) is 5.68. The number of aliphatic imine (C=N–C) groups is 1. The first-order chi connectivity index (χ1) is 9.97. The van der Waals surface area contributed by atoms with Crippen molar-refractivity contribution in [1.82, 2.24) is 5.32 Å². The van der Waals surface area contributed by atoms with E-state index in [2.05, 4.69) is 26.3 Å². The number of benzene rings is 2. The van der Waals surface area contributed by atoms with E-state index in [-0.39, 0.29) is 10.6 Å². The number of halogens is 3. The fraction of sp³-hybridized carbons (Fsp3) is 0. The van der Waals surface area contributed by atoms with Gasteiger partial charge in [-0.3, -0.25) is 0 Å². The summed E-state index contributed by atoms with van der Waals surface area (Å²) in [6.45, 7) is 0. The predicted molar refractivity (Wildman–Crippen MR) is 88.2 cm³/mol. The average Bonchev–Trinajstić information content (AvgIpc) is 2.43. The molecule has 0 heterocycles. The number of amidine groups is 1. The van der Waals surface area contributed by atoms with Crippen LogP contribution in [0.25, 0.3) is 0 Å². The van der Waals surface area contributed by atoms with Crippen molar-refractivity contribution < 1.29 is 4.79 Å². The SMILES string of the molecule is O=C(NC([Se])=Nc1c(Cl)cc(Cl)cc1Cl)c1ccccc1. The molecule has 0 unspecified atom stereocenters. The standard InChI is InChI=1S/C14H8Cl3N2OSe/c15-9-6-10(16)12(11(17)7-9)18-14(21)19-13(20)8-4-2-1-3-5-8/h1-7H,(H,18,19,20). The predicted octanol–water partition coefficient (Wildman–Crippen LogP) is 4.23. The first-order valence-electron chi connectivity index (χ1n) is 5.74. The number of rotatable bonds is 2. The Morgan fingerprint density at radius 3 is 2.19 bits per heavy atom. The van der Waals surface area contributed by atoms with Gasteiger partial charge >= 0.3 is 145 Å². The second kappa shape index (κ2) is 7.30. The van der Waals surface area contributed by atoms with Gasteiger partial charge < -0.3 is 0 Å². The molecule has 3 nitrogen and oxygen atoms in total. The fourth-order valence-corrected chi connectivity index (χ4v) is 2.82. The molecule has 1 radical (unpaired) electrons. The molecule has 2 aromatic carbocycles. The third-order valence-corrected chi connectivity index (χ3v) is 3.65. The molecule has 107 valence electrons. The summed E-state index contributed by atoms with van der Waals surface area (Å²) in [5.41, 5.74) is 0.860. The van der Waals surface area contributed by atoms with Crippen molar-refractivity contribution in [3.05, 3.63) is 63.1 Å². The van der Waals surface area contributed by atoms with Crippen molar-refractivity contribution in [2.45, 2.75) is 0 Å². The van der Waals surface area contributed by atoms with Crippen molar-refractivity contribution in [2.75, 3.05) is 0 Å². The van der Waals surface area contributed by atoms with Crippen molar-refractivity contribution in [3.63, 3.8) is 0 Å². The summed E-state index contributed by atoms with van der Waals surface area (Å²) in [4.78, 5) is 16.1. The zero-order valence-electron chi connectivity index (χ0n) is 10.4. The van der Waals surface area contributed by atoms with E-state index in [4.69, 9.17) is 34.8 Å². The van der Waals surface area contributed by atoms with Gasteiger partial charge in [0.2, 0.25) is 0 Å². The molecule has 2 aromatic rings. The van der Waals surface area contributed by atoms with Crippen LogP contribution >= 0.6 is 34.8 Å². The molecule has 0 aliphatic carbocycles. The van der Waals surface area contributed by atoms with Crippen LogP contribution in [0.3, 0.4) is 0 Å². The van der Waals surface area contributed by atoms with Crippen LogP contribution < -0.4 is 5.32 Å². The summed E-state index contributed by atoms with van der Waals surface area (Å²) < 4.78 is 0.259. The van der Waals surface area contributed by atoms with Crippen LogP contribution in [0, 0.1) is 0 Å². The Morgan fingerprint density at radius 2 is 1.62 bits per heavy atom. The van der Waals surface area contributed by atoms with Gasteiger partial charge in [0.25, 0.3) is 0 Å². The Balaban J connectivity index is 2.21. The van der Waals surface area contributed by atoms with Gasteiger partial charge in [0.05, 0.1) is 0 Å². The molecule has 0 aliphatic rings. The summed E-state index contributed by atoms with van der Waals surface area (Å²) in [5.74, 6) is -0.283. The molecule has 7 heteroatoms. The molecule has 1 N–H and O–H groups in total. The zero-order chi connectivity index (χ0) is 15.4. The maximum absolute atomic E-state index is 12.0. The normalized spacial score (nSPS) is 11.3. The second-order valence-electron chi connectivity index (χ2n) is 3.96. The first kappa shape index (κ1) is 16.3. The van der Waals surface area contributed by atoms with E-state index in [0.29, 0.717) is 26.3 Å². The summed E-state index contributed by atoms with van der Waals surface area (Å²) >= 11 is 20.6. The van der Waals surface area contributed by atoms with Crippen LogP contribution in [0.5, 0.6) is 0 Å². The Bertz CT molecular complexity index is 682. The average molecular weight is 406 g/mol. The van der Waals surface area contributed by atoms with Gasteiger partial charge in [-0.1, -0.05) is 0 Å². The van der Waals surface area contributed by atoms with Crippen molar-refractivity contribution in [1.29, 1.82) is 0 Å². The number of hydrogen-bond donors (Lipinski definition) is 1. The Labute approximate surface area is 145 Å². The third kappa shape index (κ3) is 4.47. The van der Waals surface area contributed by atoms with E-state index in [1.807, 2.05) is 6.07 Å². The van der Waals surface area contributed by atoms with Crippen molar-refractivity contribution >= 4 is 67.1 Å². The maximum atomic E-state index is 12.0. The number of hydrogen-bond acceptors (Lipinski definition) is 2. The fourth-order valence-electron chi connectivity index (χ4n) is 1.53. The van der Waals surface area contributed by atoms with Crippen molar-refractivity contribution in [2.24, 2.45) is 4.99 Å². The van der Waals surface area contributed by atoms with Crippen molar-refractivity contribution in [3.8, 4) is 0 Å². The van der Waals surface area contributed by atoms with Crippen LogP contribution in [0.15, 0.2) is 47.5 Å². The second-order valence-corrected chi connectivity index (χ2v) is 6.02. The summed E-state index contributed by atoms with van der Waals surface area (Å²) in [5, 5.41) is 3.63. The number of carbonyl (C=O) groups is 1. The molecule has 0 atom stereocenters. The van der Waals surface area contributed by atoms with Gasteiger partial charge in [0, 0.05) is 0 Å². The minimum absolute atomic E-state index is 0.259. The quantitative estimate of drug-likeness (QED) is 0.453. The number of carbonyl (C=O) groups excluding carboxylic acids is 1. The number of nitrogens with one attached hydrogen (secondary N) is 1. The van der Waals surface area contributed by atoms with Gasteiger partial charge in [-0.2, -0.15) is 0 Å². The van der Waals surface area contributed by atoms with E-state index in [1.54, 1.807) is 24.3 Å². The summed E-state index contributed by atoms with van der Waals surface area (Å²) in [6, 6.07) is 11.8. The molecule has 0 bridgehead atoms. The molecular weight excluding hydrogens is 397 g/mol. The third-order valence-electron chi connectivity index (χ3n) is 2.45. The van der Waals surface area contributed by atoms with Crippen LogP contribution in [0.1, 0.15) is 10.4 Å². The van der Waals surface area contributed by atoms with Crippen LogP contribution in [-0.4, -0.2) is 26.7 Å². The number of amides is 1. The Hall–Kier alpha value is -1.03. The van der Waals surface area contributed by atoms with E-state index >= 15 is 0 Å². The molecule has 0 saturated carbocycles. The number of nitrogens with zero attached hydrogens (tertiary/aromatic N) is 1. The Morgan fingerprint density at radius 1 is 1.05 bits per heavy atom. The molecule has 0 fully saturated rings. The molecular formula is C14H8Cl3N2OSe. The van der Waals surface area contributed by atoms with E-state index in [0.717, 1.165) is 0 Å². The van der Waals surface area contributed by atoms with Gasteiger partial charge in [-0.25, -0.2) is 0 Å². The van der Waals surface area contributed by atoms with Gasteiger partial charge in [-0.15, -0.1) is 0 Å². The molecule has 21 heavy (non-hydrogen) atoms. The molecule has 0 spiro atoms. The monoisotopic (exact) mass is 405 g/mol. The summed E-state index contributed by atoms with van der Waals surface area (Å²) in [7, 11) is 0.